The summed E-state index contributed by atoms with van der Waals surface area (Å²) in [5.41, 5.74) is 4.10. The van der Waals surface area contributed by atoms with Gasteiger partial charge in [-0.15, -0.1) is 0 Å². The molecule has 1 saturated heterocycles. The maximum Gasteiger partial charge on any atom is 0.184 e. The summed E-state index contributed by atoms with van der Waals surface area (Å²) in [7, 11) is 0. The standard InChI is InChI=1S/C34H36O6/c35-34-33(39-24-29-19-11-4-12-20-29)32(38-23-28-17-9-3-10-18-28)31(37-22-27-15-7-2-8-16-27)30(40-34)25-36-21-26-13-5-1-6-14-26/h1-20,30-35H,21-25H2/t30-,31+,32-,33+,34-/m0/s1. The van der Waals surface area contributed by atoms with E-state index in [-0.39, 0.29) is 6.61 Å². The van der Waals surface area contributed by atoms with Gasteiger partial charge in [0.05, 0.1) is 33.0 Å². The van der Waals surface area contributed by atoms with Crippen molar-refractivity contribution in [1.82, 2.24) is 0 Å². The molecule has 40 heavy (non-hydrogen) atoms. The first kappa shape index (κ1) is 28.2. The van der Waals surface area contributed by atoms with Crippen molar-refractivity contribution in [2.24, 2.45) is 0 Å². The Bertz CT molecular complexity index is 1240. The van der Waals surface area contributed by atoms with Crippen molar-refractivity contribution in [2.45, 2.75) is 57.1 Å². The molecule has 5 rings (SSSR count). The van der Waals surface area contributed by atoms with Gasteiger partial charge in [0.2, 0.25) is 0 Å². The lowest BCUT2D eigenvalue weighted by molar-refractivity contribution is -0.317. The molecule has 4 aromatic rings. The van der Waals surface area contributed by atoms with Gasteiger partial charge in [0, 0.05) is 0 Å². The van der Waals surface area contributed by atoms with Crippen LogP contribution in [0, 0.1) is 0 Å². The number of benzene rings is 4. The van der Waals surface area contributed by atoms with Gasteiger partial charge in [-0.3, -0.25) is 0 Å². The maximum atomic E-state index is 11.2. The van der Waals surface area contributed by atoms with Crippen LogP contribution in [-0.4, -0.2) is 42.4 Å². The van der Waals surface area contributed by atoms with Crippen LogP contribution in [0.25, 0.3) is 0 Å². The molecule has 1 N–H and O–H groups in total. The van der Waals surface area contributed by atoms with Crippen molar-refractivity contribution < 1.29 is 28.8 Å². The van der Waals surface area contributed by atoms with Gasteiger partial charge in [0.25, 0.3) is 0 Å². The minimum atomic E-state index is -1.22. The van der Waals surface area contributed by atoms with Gasteiger partial charge in [-0.1, -0.05) is 121 Å². The van der Waals surface area contributed by atoms with Crippen molar-refractivity contribution in [1.29, 1.82) is 0 Å². The number of hydrogen-bond donors (Lipinski definition) is 1. The molecule has 0 unspecified atom stereocenters. The summed E-state index contributed by atoms with van der Waals surface area (Å²) in [6.07, 6.45) is -3.72. The first-order valence-corrected chi connectivity index (χ1v) is 13.7. The summed E-state index contributed by atoms with van der Waals surface area (Å²) in [5.74, 6) is 0. The summed E-state index contributed by atoms with van der Waals surface area (Å²) in [4.78, 5) is 0. The lowest BCUT2D eigenvalue weighted by atomic mass is 9.98. The molecule has 0 radical (unpaired) electrons. The normalized spacial score (nSPS) is 22.7. The Morgan fingerprint density at radius 1 is 0.475 bits per heavy atom. The Labute approximate surface area is 236 Å². The molecule has 0 aromatic heterocycles. The Kier molecular flexibility index (Phi) is 10.5. The summed E-state index contributed by atoms with van der Waals surface area (Å²) in [6, 6.07) is 39.7. The second-order valence-corrected chi connectivity index (χ2v) is 9.85. The monoisotopic (exact) mass is 540 g/mol. The fraction of sp³-hybridized carbons (Fsp3) is 0.294. The van der Waals surface area contributed by atoms with Gasteiger partial charge in [-0.25, -0.2) is 0 Å². The molecule has 4 aromatic carbocycles. The molecule has 0 aliphatic carbocycles. The van der Waals surface area contributed by atoms with Crippen LogP contribution in [0.4, 0.5) is 0 Å². The minimum absolute atomic E-state index is 0.224. The van der Waals surface area contributed by atoms with E-state index in [0.717, 1.165) is 22.3 Å². The van der Waals surface area contributed by atoms with E-state index < -0.39 is 30.7 Å². The average molecular weight is 541 g/mol. The van der Waals surface area contributed by atoms with Gasteiger partial charge in [-0.05, 0) is 22.3 Å². The number of ether oxygens (including phenoxy) is 5. The van der Waals surface area contributed by atoms with E-state index >= 15 is 0 Å². The quantitative estimate of drug-likeness (QED) is 0.236. The molecule has 6 heteroatoms. The van der Waals surface area contributed by atoms with Crippen molar-refractivity contribution in [3.05, 3.63) is 144 Å². The molecule has 5 atom stereocenters. The van der Waals surface area contributed by atoms with Crippen LogP contribution >= 0.6 is 0 Å². The minimum Gasteiger partial charge on any atom is -0.374 e. The van der Waals surface area contributed by atoms with Gasteiger partial charge < -0.3 is 28.8 Å². The molecule has 0 spiro atoms. The van der Waals surface area contributed by atoms with Crippen molar-refractivity contribution in [3.8, 4) is 0 Å². The van der Waals surface area contributed by atoms with Crippen LogP contribution < -0.4 is 0 Å². The van der Waals surface area contributed by atoms with Crippen molar-refractivity contribution in [3.63, 3.8) is 0 Å². The van der Waals surface area contributed by atoms with Crippen LogP contribution in [0.5, 0.6) is 0 Å². The van der Waals surface area contributed by atoms with E-state index in [0.29, 0.717) is 26.4 Å². The molecule has 0 amide bonds. The highest BCUT2D eigenvalue weighted by Gasteiger charge is 2.48. The highest BCUT2D eigenvalue weighted by atomic mass is 16.7. The molecule has 0 saturated carbocycles. The summed E-state index contributed by atoms with van der Waals surface area (Å²) < 4.78 is 31.4. The number of rotatable bonds is 13. The van der Waals surface area contributed by atoms with E-state index in [2.05, 4.69) is 0 Å². The smallest absolute Gasteiger partial charge is 0.184 e. The van der Waals surface area contributed by atoms with Gasteiger partial charge in [0.1, 0.15) is 24.4 Å². The zero-order valence-electron chi connectivity index (χ0n) is 22.5. The van der Waals surface area contributed by atoms with E-state index in [1.807, 2.05) is 121 Å². The predicted octanol–water partition coefficient (Wildman–Crippen LogP) is 5.68. The van der Waals surface area contributed by atoms with E-state index in [1.165, 1.54) is 0 Å². The second-order valence-electron chi connectivity index (χ2n) is 9.85. The largest absolute Gasteiger partial charge is 0.374 e. The van der Waals surface area contributed by atoms with Gasteiger partial charge >= 0.3 is 0 Å². The Morgan fingerprint density at radius 2 is 0.850 bits per heavy atom. The van der Waals surface area contributed by atoms with E-state index in [9.17, 15) is 5.11 Å². The molecule has 1 heterocycles. The number of hydrogen-bond acceptors (Lipinski definition) is 6. The SMILES string of the molecule is O[C@H]1O[C@@H](COCc2ccccc2)[C@@H](OCc2ccccc2)[C@H](OCc2ccccc2)[C@H]1OCc1ccccc1. The Balaban J connectivity index is 1.36. The summed E-state index contributed by atoms with van der Waals surface area (Å²) >= 11 is 0. The third kappa shape index (κ3) is 8.08. The topological polar surface area (TPSA) is 66.4 Å². The van der Waals surface area contributed by atoms with Crippen LogP contribution in [0.2, 0.25) is 0 Å². The lowest BCUT2D eigenvalue weighted by Gasteiger charge is -2.44. The second kappa shape index (κ2) is 14.9. The molecule has 208 valence electrons. The molecular weight excluding hydrogens is 504 g/mol. The molecule has 1 aliphatic rings. The highest BCUT2D eigenvalue weighted by Crippen LogP contribution is 2.30. The average Bonchev–Trinajstić information content (AvgIpc) is 3.01. The zero-order chi connectivity index (χ0) is 27.4. The lowest BCUT2D eigenvalue weighted by Crippen LogP contribution is -2.61. The third-order valence-corrected chi connectivity index (χ3v) is 6.86. The van der Waals surface area contributed by atoms with Crippen LogP contribution in [0.3, 0.4) is 0 Å². The summed E-state index contributed by atoms with van der Waals surface area (Å²) in [5, 5.41) is 11.2. The fourth-order valence-corrected chi connectivity index (χ4v) is 4.77. The van der Waals surface area contributed by atoms with Crippen LogP contribution in [-0.2, 0) is 50.1 Å². The predicted molar refractivity (Wildman–Crippen MR) is 152 cm³/mol. The zero-order valence-corrected chi connectivity index (χ0v) is 22.5. The van der Waals surface area contributed by atoms with Gasteiger partial charge in [0.15, 0.2) is 6.29 Å². The first-order valence-electron chi connectivity index (χ1n) is 13.7. The summed E-state index contributed by atoms with van der Waals surface area (Å²) in [6.45, 7) is 1.65. The van der Waals surface area contributed by atoms with E-state index in [1.54, 1.807) is 0 Å². The number of aliphatic hydroxyl groups is 1. The van der Waals surface area contributed by atoms with Gasteiger partial charge in [-0.2, -0.15) is 0 Å². The van der Waals surface area contributed by atoms with Crippen molar-refractivity contribution in [2.75, 3.05) is 6.61 Å². The maximum absolute atomic E-state index is 11.2. The third-order valence-electron chi connectivity index (χ3n) is 6.86. The van der Waals surface area contributed by atoms with Crippen molar-refractivity contribution >= 4 is 0 Å². The van der Waals surface area contributed by atoms with E-state index in [4.69, 9.17) is 23.7 Å². The van der Waals surface area contributed by atoms with Crippen LogP contribution in [0.15, 0.2) is 121 Å². The van der Waals surface area contributed by atoms with Crippen LogP contribution in [0.1, 0.15) is 22.3 Å². The molecular formula is C34H36O6. The fourth-order valence-electron chi connectivity index (χ4n) is 4.77. The highest BCUT2D eigenvalue weighted by molar-refractivity contribution is 5.16. The molecule has 1 aliphatic heterocycles. The number of aliphatic hydroxyl groups excluding tert-OH is 1. The molecule has 6 nitrogen and oxygen atoms in total. The molecule has 1 fully saturated rings. The first-order chi connectivity index (χ1) is 19.8. The Hall–Kier alpha value is -3.36. The molecule has 0 bridgehead atoms. The Morgan fingerprint density at radius 3 is 1.30 bits per heavy atom.